The van der Waals surface area contributed by atoms with Crippen LogP contribution in [0.25, 0.3) is 0 Å². The molecular formula is C10H15NO2. The fraction of sp³-hybridized carbons (Fsp3) is 0.500. The number of pyridine rings is 1. The van der Waals surface area contributed by atoms with Crippen molar-refractivity contribution in [3.8, 4) is 11.6 Å². The fourth-order valence-electron chi connectivity index (χ4n) is 1.06. The molecule has 0 unspecified atom stereocenters. The number of aryl methyl sites for hydroxylation is 1. The number of methoxy groups -OCH3 is 1. The molecule has 0 aliphatic carbocycles. The van der Waals surface area contributed by atoms with E-state index in [1.165, 1.54) is 0 Å². The average molecular weight is 181 g/mol. The molecule has 3 nitrogen and oxygen atoms in total. The van der Waals surface area contributed by atoms with Crippen molar-refractivity contribution in [2.75, 3.05) is 13.7 Å². The Morgan fingerprint density at radius 1 is 1.38 bits per heavy atom. The molecule has 0 atom stereocenters. The second kappa shape index (κ2) is 4.70. The molecule has 0 aliphatic rings. The summed E-state index contributed by atoms with van der Waals surface area (Å²) in [5.74, 6) is 1.28. The van der Waals surface area contributed by atoms with E-state index in [9.17, 15) is 0 Å². The summed E-state index contributed by atoms with van der Waals surface area (Å²) in [5, 5.41) is 0. The molecule has 0 aliphatic heterocycles. The quantitative estimate of drug-likeness (QED) is 0.712. The minimum Gasteiger partial charge on any atom is -0.491 e. The highest BCUT2D eigenvalue weighted by atomic mass is 16.5. The summed E-state index contributed by atoms with van der Waals surface area (Å²) in [7, 11) is 1.62. The first-order valence-electron chi connectivity index (χ1n) is 4.47. The predicted molar refractivity (Wildman–Crippen MR) is 51.3 cm³/mol. The highest BCUT2D eigenvalue weighted by molar-refractivity contribution is 5.36. The Morgan fingerprint density at radius 3 is 2.69 bits per heavy atom. The summed E-state index contributed by atoms with van der Waals surface area (Å²) in [6, 6.07) is 1.96. The summed E-state index contributed by atoms with van der Waals surface area (Å²) in [6.45, 7) is 4.61. The Balaban J connectivity index is 2.93. The number of ether oxygens (including phenoxy) is 2. The standard InChI is InChI=1S/C10H15NO2/c1-4-8-6-9(12-3)10(11-7-8)13-5-2/h6-7H,4-5H2,1-3H3. The van der Waals surface area contributed by atoms with Gasteiger partial charge in [0.25, 0.3) is 5.88 Å². The van der Waals surface area contributed by atoms with Gasteiger partial charge in [-0.05, 0) is 25.0 Å². The zero-order valence-electron chi connectivity index (χ0n) is 8.33. The van der Waals surface area contributed by atoms with Crippen LogP contribution in [-0.4, -0.2) is 18.7 Å². The second-order valence-corrected chi connectivity index (χ2v) is 2.64. The Kier molecular flexibility index (Phi) is 3.55. The zero-order chi connectivity index (χ0) is 9.68. The molecule has 0 spiro atoms. The third-order valence-corrected chi connectivity index (χ3v) is 1.78. The number of hydrogen-bond acceptors (Lipinski definition) is 3. The lowest BCUT2D eigenvalue weighted by Gasteiger charge is -2.08. The van der Waals surface area contributed by atoms with Crippen LogP contribution in [0.4, 0.5) is 0 Å². The second-order valence-electron chi connectivity index (χ2n) is 2.64. The highest BCUT2D eigenvalue weighted by Crippen LogP contribution is 2.24. The predicted octanol–water partition coefficient (Wildman–Crippen LogP) is 2.05. The molecule has 0 aromatic carbocycles. The number of hydrogen-bond donors (Lipinski definition) is 0. The van der Waals surface area contributed by atoms with E-state index in [2.05, 4.69) is 11.9 Å². The molecule has 0 N–H and O–H groups in total. The molecule has 1 rings (SSSR count). The first kappa shape index (κ1) is 9.84. The third-order valence-electron chi connectivity index (χ3n) is 1.78. The molecule has 13 heavy (non-hydrogen) atoms. The van der Waals surface area contributed by atoms with Crippen molar-refractivity contribution in [3.63, 3.8) is 0 Å². The molecule has 1 aromatic heterocycles. The fourth-order valence-corrected chi connectivity index (χ4v) is 1.06. The van der Waals surface area contributed by atoms with Gasteiger partial charge in [0.1, 0.15) is 0 Å². The van der Waals surface area contributed by atoms with E-state index < -0.39 is 0 Å². The molecule has 0 amide bonds. The van der Waals surface area contributed by atoms with Gasteiger partial charge in [-0.25, -0.2) is 4.98 Å². The number of aromatic nitrogens is 1. The maximum Gasteiger partial charge on any atom is 0.256 e. The highest BCUT2D eigenvalue weighted by Gasteiger charge is 2.05. The first-order chi connectivity index (χ1) is 6.31. The van der Waals surface area contributed by atoms with Crippen LogP contribution in [-0.2, 0) is 6.42 Å². The van der Waals surface area contributed by atoms with Gasteiger partial charge in [-0.2, -0.15) is 0 Å². The van der Waals surface area contributed by atoms with Crippen LogP contribution >= 0.6 is 0 Å². The van der Waals surface area contributed by atoms with Gasteiger partial charge in [0.2, 0.25) is 0 Å². The van der Waals surface area contributed by atoms with E-state index in [0.29, 0.717) is 18.2 Å². The van der Waals surface area contributed by atoms with Crippen LogP contribution in [0.1, 0.15) is 19.4 Å². The average Bonchev–Trinajstić information content (AvgIpc) is 2.19. The Labute approximate surface area is 78.7 Å². The molecule has 0 radical (unpaired) electrons. The largest absolute Gasteiger partial charge is 0.491 e. The maximum atomic E-state index is 5.29. The number of nitrogens with zero attached hydrogens (tertiary/aromatic N) is 1. The Morgan fingerprint density at radius 2 is 2.15 bits per heavy atom. The molecule has 1 aromatic rings. The molecule has 0 saturated heterocycles. The van der Waals surface area contributed by atoms with Crippen LogP contribution in [0.2, 0.25) is 0 Å². The van der Waals surface area contributed by atoms with Crippen molar-refractivity contribution in [2.24, 2.45) is 0 Å². The minimum atomic E-state index is 0.571. The molecule has 72 valence electrons. The molecule has 0 saturated carbocycles. The summed E-state index contributed by atoms with van der Waals surface area (Å²) < 4.78 is 10.4. The van der Waals surface area contributed by atoms with E-state index in [1.807, 2.05) is 19.2 Å². The summed E-state index contributed by atoms with van der Waals surface area (Å²) in [5.41, 5.74) is 1.15. The van der Waals surface area contributed by atoms with Crippen molar-refractivity contribution >= 4 is 0 Å². The van der Waals surface area contributed by atoms with Crippen LogP contribution in [0.15, 0.2) is 12.3 Å². The summed E-state index contributed by atoms with van der Waals surface area (Å²) in [6.07, 6.45) is 2.77. The Hall–Kier alpha value is -1.25. The van der Waals surface area contributed by atoms with Crippen LogP contribution in [0.3, 0.4) is 0 Å². The van der Waals surface area contributed by atoms with Gasteiger partial charge >= 0.3 is 0 Å². The first-order valence-corrected chi connectivity index (χ1v) is 4.47. The van der Waals surface area contributed by atoms with Crippen LogP contribution in [0, 0.1) is 0 Å². The van der Waals surface area contributed by atoms with E-state index in [4.69, 9.17) is 9.47 Å². The van der Waals surface area contributed by atoms with Crippen molar-refractivity contribution in [1.82, 2.24) is 4.98 Å². The SMILES string of the molecule is CCOc1ncc(CC)cc1OC. The van der Waals surface area contributed by atoms with E-state index in [0.717, 1.165) is 12.0 Å². The lowest BCUT2D eigenvalue weighted by atomic mass is 10.2. The summed E-state index contributed by atoms with van der Waals surface area (Å²) >= 11 is 0. The van der Waals surface area contributed by atoms with Gasteiger partial charge in [-0.1, -0.05) is 6.92 Å². The minimum absolute atomic E-state index is 0.571. The van der Waals surface area contributed by atoms with Crippen molar-refractivity contribution in [2.45, 2.75) is 20.3 Å². The maximum absolute atomic E-state index is 5.29. The normalized spacial score (nSPS) is 9.77. The molecular weight excluding hydrogens is 166 g/mol. The van der Waals surface area contributed by atoms with Crippen molar-refractivity contribution in [1.29, 1.82) is 0 Å². The van der Waals surface area contributed by atoms with Gasteiger partial charge in [0.05, 0.1) is 13.7 Å². The van der Waals surface area contributed by atoms with Gasteiger partial charge in [-0.15, -0.1) is 0 Å². The van der Waals surface area contributed by atoms with Gasteiger partial charge in [0.15, 0.2) is 5.75 Å². The van der Waals surface area contributed by atoms with Crippen LogP contribution < -0.4 is 9.47 Å². The van der Waals surface area contributed by atoms with Gasteiger partial charge in [0, 0.05) is 6.20 Å². The Bertz CT molecular complexity index is 274. The van der Waals surface area contributed by atoms with E-state index >= 15 is 0 Å². The molecule has 0 fully saturated rings. The van der Waals surface area contributed by atoms with Crippen molar-refractivity contribution < 1.29 is 9.47 Å². The number of rotatable bonds is 4. The topological polar surface area (TPSA) is 31.4 Å². The monoisotopic (exact) mass is 181 g/mol. The van der Waals surface area contributed by atoms with Crippen LogP contribution in [0.5, 0.6) is 11.6 Å². The van der Waals surface area contributed by atoms with E-state index in [1.54, 1.807) is 7.11 Å². The summed E-state index contributed by atoms with van der Waals surface area (Å²) in [4.78, 5) is 4.16. The lowest BCUT2D eigenvalue weighted by molar-refractivity contribution is 0.298. The molecule has 1 heterocycles. The van der Waals surface area contributed by atoms with Gasteiger partial charge in [-0.3, -0.25) is 0 Å². The van der Waals surface area contributed by atoms with Gasteiger partial charge < -0.3 is 9.47 Å². The third kappa shape index (κ3) is 2.34. The zero-order valence-corrected chi connectivity index (χ0v) is 8.33. The smallest absolute Gasteiger partial charge is 0.256 e. The van der Waals surface area contributed by atoms with E-state index in [-0.39, 0.29) is 0 Å². The van der Waals surface area contributed by atoms with Crippen molar-refractivity contribution in [3.05, 3.63) is 17.8 Å². The molecule has 3 heteroatoms. The lowest BCUT2D eigenvalue weighted by Crippen LogP contribution is -1.98. The molecule has 0 bridgehead atoms.